The van der Waals surface area contributed by atoms with Crippen molar-refractivity contribution in [1.82, 2.24) is 14.7 Å². The Morgan fingerprint density at radius 1 is 1.21 bits per heavy atom. The summed E-state index contributed by atoms with van der Waals surface area (Å²) >= 11 is 0. The molecule has 0 radical (unpaired) electrons. The van der Waals surface area contributed by atoms with Gasteiger partial charge in [-0.3, -0.25) is 14.6 Å². The number of aromatic nitrogens is 2. The van der Waals surface area contributed by atoms with Crippen LogP contribution in [0.5, 0.6) is 0 Å². The molecule has 0 amide bonds. The highest BCUT2D eigenvalue weighted by atomic mass is 16.1. The van der Waals surface area contributed by atoms with E-state index in [2.05, 4.69) is 10.00 Å². The minimum absolute atomic E-state index is 0.0105. The number of aromatic amines is 1. The lowest BCUT2D eigenvalue weighted by molar-refractivity contribution is 0.218. The van der Waals surface area contributed by atoms with Crippen LogP contribution in [0.2, 0.25) is 0 Å². The standard InChI is InChI=1S/C10H17N3O/c14-10-4-7-13(11-10)9-8-12-5-2-1-3-6-12/h4,7H,1-3,5-6,8-9H2,(H,11,14). The molecule has 0 spiro atoms. The molecule has 4 nitrogen and oxygen atoms in total. The van der Waals surface area contributed by atoms with Crippen molar-refractivity contribution in [1.29, 1.82) is 0 Å². The van der Waals surface area contributed by atoms with Crippen LogP contribution in [-0.4, -0.2) is 34.3 Å². The quantitative estimate of drug-likeness (QED) is 0.770. The van der Waals surface area contributed by atoms with Gasteiger partial charge in [-0.2, -0.15) is 0 Å². The fourth-order valence-corrected chi connectivity index (χ4v) is 1.94. The third-order valence-corrected chi connectivity index (χ3v) is 2.77. The fourth-order valence-electron chi connectivity index (χ4n) is 1.94. The molecule has 78 valence electrons. The second kappa shape index (κ2) is 4.46. The van der Waals surface area contributed by atoms with E-state index in [9.17, 15) is 4.79 Å². The SMILES string of the molecule is O=c1ccn(CCN2CCCCC2)[nH]1. The molecule has 0 aromatic carbocycles. The molecule has 1 N–H and O–H groups in total. The Bertz CT molecular complexity index is 322. The molecule has 0 unspecified atom stereocenters. The minimum atomic E-state index is -0.0105. The Balaban J connectivity index is 1.78. The highest BCUT2D eigenvalue weighted by Gasteiger charge is 2.09. The molecule has 1 aromatic rings. The number of hydrogen-bond donors (Lipinski definition) is 1. The molecular weight excluding hydrogens is 178 g/mol. The maximum atomic E-state index is 10.9. The average molecular weight is 195 g/mol. The summed E-state index contributed by atoms with van der Waals surface area (Å²) in [5.41, 5.74) is -0.0105. The summed E-state index contributed by atoms with van der Waals surface area (Å²) in [5.74, 6) is 0. The van der Waals surface area contributed by atoms with Gasteiger partial charge in [0.2, 0.25) is 0 Å². The number of likely N-dealkylation sites (tertiary alicyclic amines) is 1. The third kappa shape index (κ3) is 2.48. The van der Waals surface area contributed by atoms with Crippen molar-refractivity contribution in [3.8, 4) is 0 Å². The minimum Gasteiger partial charge on any atom is -0.302 e. The third-order valence-electron chi connectivity index (χ3n) is 2.77. The van der Waals surface area contributed by atoms with Gasteiger partial charge in [-0.15, -0.1) is 0 Å². The van der Waals surface area contributed by atoms with Gasteiger partial charge in [0.15, 0.2) is 0 Å². The maximum Gasteiger partial charge on any atom is 0.264 e. The van der Waals surface area contributed by atoms with Crippen LogP contribution in [0.3, 0.4) is 0 Å². The first kappa shape index (κ1) is 9.52. The number of piperidine rings is 1. The zero-order valence-corrected chi connectivity index (χ0v) is 8.41. The van der Waals surface area contributed by atoms with Crippen molar-refractivity contribution in [2.24, 2.45) is 0 Å². The summed E-state index contributed by atoms with van der Waals surface area (Å²) in [7, 11) is 0. The summed E-state index contributed by atoms with van der Waals surface area (Å²) in [6.07, 6.45) is 5.83. The summed E-state index contributed by atoms with van der Waals surface area (Å²) in [6.45, 7) is 4.36. The van der Waals surface area contributed by atoms with E-state index in [1.165, 1.54) is 32.4 Å². The molecular formula is C10H17N3O. The molecule has 2 heterocycles. The highest BCUT2D eigenvalue weighted by molar-refractivity contribution is 4.80. The van der Waals surface area contributed by atoms with Gasteiger partial charge in [-0.1, -0.05) is 6.42 Å². The van der Waals surface area contributed by atoms with E-state index in [-0.39, 0.29) is 5.56 Å². The van der Waals surface area contributed by atoms with Gasteiger partial charge < -0.3 is 4.90 Å². The average Bonchev–Trinajstić information content (AvgIpc) is 2.63. The molecule has 4 heteroatoms. The van der Waals surface area contributed by atoms with Crippen molar-refractivity contribution < 1.29 is 0 Å². The van der Waals surface area contributed by atoms with Crippen LogP contribution in [0, 0.1) is 0 Å². The van der Waals surface area contributed by atoms with E-state index >= 15 is 0 Å². The Morgan fingerprint density at radius 2 is 2.00 bits per heavy atom. The van der Waals surface area contributed by atoms with Crippen LogP contribution in [0.4, 0.5) is 0 Å². The number of H-pyrrole nitrogens is 1. The van der Waals surface area contributed by atoms with Crippen LogP contribution < -0.4 is 5.56 Å². The number of nitrogens with one attached hydrogen (secondary N) is 1. The van der Waals surface area contributed by atoms with Crippen molar-refractivity contribution in [3.63, 3.8) is 0 Å². The van der Waals surface area contributed by atoms with Crippen molar-refractivity contribution in [2.75, 3.05) is 19.6 Å². The van der Waals surface area contributed by atoms with Gasteiger partial charge in [0.1, 0.15) is 0 Å². The fraction of sp³-hybridized carbons (Fsp3) is 0.700. The normalized spacial score (nSPS) is 18.6. The summed E-state index contributed by atoms with van der Waals surface area (Å²) in [6, 6.07) is 1.57. The van der Waals surface area contributed by atoms with E-state index in [0.29, 0.717) is 0 Å². The van der Waals surface area contributed by atoms with Crippen LogP contribution in [0.15, 0.2) is 17.1 Å². The zero-order valence-electron chi connectivity index (χ0n) is 8.41. The van der Waals surface area contributed by atoms with Crippen LogP contribution >= 0.6 is 0 Å². The van der Waals surface area contributed by atoms with E-state index in [4.69, 9.17) is 0 Å². The zero-order chi connectivity index (χ0) is 9.80. The Morgan fingerprint density at radius 3 is 2.64 bits per heavy atom. The smallest absolute Gasteiger partial charge is 0.264 e. The van der Waals surface area contributed by atoms with E-state index < -0.39 is 0 Å². The molecule has 2 rings (SSSR count). The lowest BCUT2D eigenvalue weighted by Crippen LogP contribution is -2.32. The molecule has 1 fully saturated rings. The molecule has 1 aromatic heterocycles. The van der Waals surface area contributed by atoms with Gasteiger partial charge in [-0.05, 0) is 25.9 Å². The Hall–Kier alpha value is -1.03. The molecule has 1 aliphatic rings. The maximum absolute atomic E-state index is 10.9. The van der Waals surface area contributed by atoms with Crippen LogP contribution in [0.1, 0.15) is 19.3 Å². The molecule has 1 saturated heterocycles. The largest absolute Gasteiger partial charge is 0.302 e. The lowest BCUT2D eigenvalue weighted by Gasteiger charge is -2.26. The molecule has 0 bridgehead atoms. The first-order valence-electron chi connectivity index (χ1n) is 5.32. The summed E-state index contributed by atoms with van der Waals surface area (Å²) < 4.78 is 1.86. The lowest BCUT2D eigenvalue weighted by atomic mass is 10.1. The highest BCUT2D eigenvalue weighted by Crippen LogP contribution is 2.07. The van der Waals surface area contributed by atoms with Gasteiger partial charge >= 0.3 is 0 Å². The number of rotatable bonds is 3. The summed E-state index contributed by atoms with van der Waals surface area (Å²) in [5, 5.41) is 2.75. The first-order chi connectivity index (χ1) is 6.84. The van der Waals surface area contributed by atoms with E-state index in [1.807, 2.05) is 10.9 Å². The molecule has 1 aliphatic heterocycles. The molecule has 0 atom stereocenters. The topological polar surface area (TPSA) is 41.0 Å². The van der Waals surface area contributed by atoms with Gasteiger partial charge in [0.25, 0.3) is 5.56 Å². The van der Waals surface area contributed by atoms with Crippen LogP contribution in [0.25, 0.3) is 0 Å². The Kier molecular flexibility index (Phi) is 3.03. The van der Waals surface area contributed by atoms with Crippen LogP contribution in [-0.2, 0) is 6.54 Å². The van der Waals surface area contributed by atoms with Crippen molar-refractivity contribution in [2.45, 2.75) is 25.8 Å². The first-order valence-corrected chi connectivity index (χ1v) is 5.32. The number of nitrogens with zero attached hydrogens (tertiary/aromatic N) is 2. The molecule has 14 heavy (non-hydrogen) atoms. The number of hydrogen-bond acceptors (Lipinski definition) is 2. The second-order valence-corrected chi connectivity index (χ2v) is 3.89. The Labute approximate surface area is 83.5 Å². The molecule has 0 aliphatic carbocycles. The van der Waals surface area contributed by atoms with Gasteiger partial charge in [0, 0.05) is 18.8 Å². The van der Waals surface area contributed by atoms with Crippen molar-refractivity contribution in [3.05, 3.63) is 22.6 Å². The summed E-state index contributed by atoms with van der Waals surface area (Å²) in [4.78, 5) is 13.3. The predicted molar refractivity (Wildman–Crippen MR) is 55.3 cm³/mol. The van der Waals surface area contributed by atoms with Gasteiger partial charge in [-0.25, -0.2) is 0 Å². The molecule has 0 saturated carbocycles. The monoisotopic (exact) mass is 195 g/mol. The van der Waals surface area contributed by atoms with E-state index in [0.717, 1.165) is 13.1 Å². The predicted octanol–water partition coefficient (Wildman–Crippen LogP) is 0.662. The van der Waals surface area contributed by atoms with Crippen molar-refractivity contribution >= 4 is 0 Å². The van der Waals surface area contributed by atoms with Gasteiger partial charge in [0.05, 0.1) is 6.54 Å². The van der Waals surface area contributed by atoms with E-state index in [1.54, 1.807) is 6.07 Å². The second-order valence-electron chi connectivity index (χ2n) is 3.89.